The lowest BCUT2D eigenvalue weighted by Crippen LogP contribution is -2.37. The van der Waals surface area contributed by atoms with E-state index in [1.54, 1.807) is 0 Å². The minimum absolute atomic E-state index is 0.0712. The van der Waals surface area contributed by atoms with Crippen LogP contribution in [-0.4, -0.2) is 79.1 Å². The summed E-state index contributed by atoms with van der Waals surface area (Å²) in [7, 11) is 0. The zero-order valence-electron chi connectivity index (χ0n) is 22.6. The second-order valence-electron chi connectivity index (χ2n) is 10.4. The lowest BCUT2D eigenvalue weighted by atomic mass is 10.0. The van der Waals surface area contributed by atoms with Gasteiger partial charge in [0.2, 0.25) is 0 Å². The molecule has 0 spiro atoms. The second kappa shape index (κ2) is 12.4. The molecule has 2 fully saturated rings. The first-order valence-corrected chi connectivity index (χ1v) is 14.5. The maximum Gasteiger partial charge on any atom is 0.321 e. The summed E-state index contributed by atoms with van der Waals surface area (Å²) in [6, 6.07) is 15.8. The first-order valence-electron chi connectivity index (χ1n) is 14.1. The van der Waals surface area contributed by atoms with Crippen LogP contribution in [0.5, 0.6) is 5.75 Å². The van der Waals surface area contributed by atoms with Crippen LogP contribution in [0.1, 0.15) is 30.4 Å². The Balaban J connectivity index is 1.06. The molecule has 40 heavy (non-hydrogen) atoms. The van der Waals surface area contributed by atoms with Gasteiger partial charge in [-0.25, -0.2) is 14.8 Å². The Morgan fingerprint density at radius 3 is 2.60 bits per heavy atom. The molecule has 3 aliphatic rings. The average molecular weight is 560 g/mol. The number of hydrogen-bond donors (Lipinski definition) is 1. The Labute approximate surface area is 240 Å². The molecule has 6 rings (SSSR count). The maximum atomic E-state index is 12.6. The third-order valence-corrected chi connectivity index (χ3v) is 7.97. The van der Waals surface area contributed by atoms with Crippen LogP contribution >= 0.6 is 11.6 Å². The lowest BCUT2D eigenvalue weighted by molar-refractivity contribution is 0.0358. The van der Waals surface area contributed by atoms with Gasteiger partial charge in [0.25, 0.3) is 0 Å². The molecule has 3 aromatic rings. The third-order valence-electron chi connectivity index (χ3n) is 7.64. The summed E-state index contributed by atoms with van der Waals surface area (Å²) in [5.41, 5.74) is 5.55. The average Bonchev–Trinajstić information content (AvgIpc) is 3.68. The van der Waals surface area contributed by atoms with Crippen LogP contribution in [0.4, 0.5) is 16.3 Å². The number of rotatable bonds is 8. The molecule has 4 heterocycles. The quantitative estimate of drug-likeness (QED) is 0.352. The standard InChI is InChI=1S/C31H34ClN5O3/c32-28-9-6-25(34-31(38)37-11-1-2-12-37)20-27(28)29-19-23-18-24(21-33-30(23)35-29)22-4-7-26(8-5-22)40-15-3-10-36-13-16-39-17-14-36/h4-9,18,20-21H,1-3,10-17,19H2,(H,34,38). The van der Waals surface area contributed by atoms with Crippen molar-refractivity contribution < 1.29 is 14.3 Å². The number of benzene rings is 2. The van der Waals surface area contributed by atoms with Gasteiger partial charge in [-0.1, -0.05) is 23.7 Å². The molecule has 1 aromatic heterocycles. The largest absolute Gasteiger partial charge is 0.494 e. The first kappa shape index (κ1) is 26.7. The predicted molar refractivity (Wildman–Crippen MR) is 158 cm³/mol. The SMILES string of the molecule is O=C(Nc1ccc(Cl)c(C2=Nc3ncc(-c4ccc(OCCCN5CCOCC5)cc4)cc3C2)c1)N1CCCC1. The highest BCUT2D eigenvalue weighted by Crippen LogP contribution is 2.33. The van der Waals surface area contributed by atoms with Gasteiger partial charge in [-0.2, -0.15) is 0 Å². The molecule has 0 saturated carbocycles. The second-order valence-corrected chi connectivity index (χ2v) is 10.8. The summed E-state index contributed by atoms with van der Waals surface area (Å²) >= 11 is 6.57. The van der Waals surface area contributed by atoms with Crippen molar-refractivity contribution in [2.24, 2.45) is 4.99 Å². The van der Waals surface area contributed by atoms with E-state index in [1.165, 1.54) is 0 Å². The fourth-order valence-electron chi connectivity index (χ4n) is 5.39. The van der Waals surface area contributed by atoms with E-state index in [-0.39, 0.29) is 6.03 Å². The number of nitrogens with one attached hydrogen (secondary N) is 1. The molecule has 0 aliphatic carbocycles. The molecule has 8 nitrogen and oxygen atoms in total. The lowest BCUT2D eigenvalue weighted by Gasteiger charge is -2.26. The number of ether oxygens (including phenoxy) is 2. The van der Waals surface area contributed by atoms with Crippen LogP contribution in [0.3, 0.4) is 0 Å². The van der Waals surface area contributed by atoms with Gasteiger partial charge in [0.15, 0.2) is 5.82 Å². The number of amides is 2. The highest BCUT2D eigenvalue weighted by atomic mass is 35.5. The maximum absolute atomic E-state index is 12.6. The number of hydrogen-bond acceptors (Lipinski definition) is 6. The Hall–Kier alpha value is -3.46. The molecule has 2 amide bonds. The van der Waals surface area contributed by atoms with Crippen molar-refractivity contribution in [3.05, 3.63) is 70.9 Å². The fraction of sp³-hybridized carbons (Fsp3) is 0.387. The number of likely N-dealkylation sites (tertiary alicyclic amines) is 1. The molecule has 0 unspecified atom stereocenters. The van der Waals surface area contributed by atoms with Crippen LogP contribution in [-0.2, 0) is 11.2 Å². The zero-order chi connectivity index (χ0) is 27.3. The number of nitrogens with zero attached hydrogens (tertiary/aromatic N) is 4. The van der Waals surface area contributed by atoms with Crippen LogP contribution in [0.2, 0.25) is 5.02 Å². The number of aliphatic imine (C=N–C) groups is 1. The van der Waals surface area contributed by atoms with Gasteiger partial charge in [-0.3, -0.25) is 4.90 Å². The summed E-state index contributed by atoms with van der Waals surface area (Å²) in [4.78, 5) is 26.2. The number of carbonyl (C=O) groups excluding carboxylic acids is 1. The Morgan fingerprint density at radius 1 is 1.00 bits per heavy atom. The Morgan fingerprint density at radius 2 is 1.80 bits per heavy atom. The molecule has 9 heteroatoms. The van der Waals surface area contributed by atoms with Crippen LogP contribution in [0.15, 0.2) is 59.7 Å². The summed E-state index contributed by atoms with van der Waals surface area (Å²) < 4.78 is 11.4. The van der Waals surface area contributed by atoms with Crippen molar-refractivity contribution in [3.63, 3.8) is 0 Å². The number of fused-ring (bicyclic) bond motifs is 1. The van der Waals surface area contributed by atoms with Crippen LogP contribution in [0, 0.1) is 0 Å². The molecule has 208 valence electrons. The van der Waals surface area contributed by atoms with E-state index < -0.39 is 0 Å². The molecule has 1 N–H and O–H groups in total. The molecule has 2 saturated heterocycles. The first-order chi connectivity index (χ1) is 19.6. The molecular weight excluding hydrogens is 526 g/mol. The normalized spacial score (nSPS) is 17.0. The van der Waals surface area contributed by atoms with Gasteiger partial charge >= 0.3 is 6.03 Å². The topological polar surface area (TPSA) is 79.3 Å². The van der Waals surface area contributed by atoms with Crippen molar-refractivity contribution in [1.29, 1.82) is 0 Å². The number of urea groups is 1. The van der Waals surface area contributed by atoms with Gasteiger partial charge in [-0.15, -0.1) is 0 Å². The highest BCUT2D eigenvalue weighted by molar-refractivity contribution is 6.34. The summed E-state index contributed by atoms with van der Waals surface area (Å²) in [5.74, 6) is 1.58. The van der Waals surface area contributed by atoms with E-state index in [4.69, 9.17) is 26.1 Å². The Bertz CT molecular complexity index is 1380. The molecule has 3 aliphatic heterocycles. The molecule has 2 aromatic carbocycles. The predicted octanol–water partition coefficient (Wildman–Crippen LogP) is 5.81. The minimum atomic E-state index is -0.0712. The van der Waals surface area contributed by atoms with E-state index in [0.29, 0.717) is 29.6 Å². The van der Waals surface area contributed by atoms with Gasteiger partial charge in [0, 0.05) is 72.7 Å². The third kappa shape index (κ3) is 6.30. The number of anilines is 1. The monoisotopic (exact) mass is 559 g/mol. The fourth-order valence-corrected chi connectivity index (χ4v) is 5.62. The van der Waals surface area contributed by atoms with E-state index in [1.807, 2.05) is 41.4 Å². The molecule has 0 atom stereocenters. The molecule has 0 radical (unpaired) electrons. The van der Waals surface area contributed by atoms with E-state index in [0.717, 1.165) is 98.9 Å². The van der Waals surface area contributed by atoms with Gasteiger partial charge in [0.05, 0.1) is 25.5 Å². The zero-order valence-corrected chi connectivity index (χ0v) is 23.3. The smallest absolute Gasteiger partial charge is 0.321 e. The molecule has 0 bridgehead atoms. The summed E-state index contributed by atoms with van der Waals surface area (Å²) in [5, 5.41) is 3.61. The van der Waals surface area contributed by atoms with Gasteiger partial charge in [0.1, 0.15) is 5.75 Å². The summed E-state index contributed by atoms with van der Waals surface area (Å²) in [6.45, 7) is 7.00. The number of carbonyl (C=O) groups is 1. The van der Waals surface area contributed by atoms with E-state index >= 15 is 0 Å². The number of aromatic nitrogens is 1. The van der Waals surface area contributed by atoms with Crippen molar-refractivity contribution in [2.45, 2.75) is 25.7 Å². The van der Waals surface area contributed by atoms with Crippen molar-refractivity contribution >= 4 is 34.8 Å². The summed E-state index contributed by atoms with van der Waals surface area (Å²) in [6.07, 6.45) is 5.59. The number of halogens is 1. The van der Waals surface area contributed by atoms with Gasteiger partial charge < -0.3 is 19.7 Å². The van der Waals surface area contributed by atoms with Gasteiger partial charge in [-0.05, 0) is 61.2 Å². The highest BCUT2D eigenvalue weighted by Gasteiger charge is 2.22. The van der Waals surface area contributed by atoms with Crippen LogP contribution in [0.25, 0.3) is 11.1 Å². The Kier molecular flexibility index (Phi) is 8.27. The van der Waals surface area contributed by atoms with E-state index in [2.05, 4.69) is 33.4 Å². The van der Waals surface area contributed by atoms with Crippen molar-refractivity contribution in [2.75, 3.05) is 57.9 Å². The minimum Gasteiger partial charge on any atom is -0.494 e. The van der Waals surface area contributed by atoms with Crippen molar-refractivity contribution in [1.82, 2.24) is 14.8 Å². The van der Waals surface area contributed by atoms with E-state index in [9.17, 15) is 4.79 Å². The number of pyridine rings is 1. The molecular formula is C31H34ClN5O3. The van der Waals surface area contributed by atoms with Crippen molar-refractivity contribution in [3.8, 4) is 16.9 Å². The van der Waals surface area contributed by atoms with Crippen LogP contribution < -0.4 is 10.1 Å². The number of morpholine rings is 1.